The molecule has 0 saturated heterocycles. The number of esters is 1. The monoisotopic (exact) mass is 419 g/mol. The van der Waals surface area contributed by atoms with Gasteiger partial charge in [0, 0.05) is 22.2 Å². The highest BCUT2D eigenvalue weighted by molar-refractivity contribution is 6.02. The summed E-state index contributed by atoms with van der Waals surface area (Å²) in [4.78, 5) is 37.1. The Hall–Kier alpha value is -3.74. The summed E-state index contributed by atoms with van der Waals surface area (Å²) in [5, 5.41) is 9.57. The summed E-state index contributed by atoms with van der Waals surface area (Å²) in [7, 11) is 0. The Labute approximate surface area is 180 Å². The van der Waals surface area contributed by atoms with Crippen LogP contribution in [0.3, 0.4) is 0 Å². The summed E-state index contributed by atoms with van der Waals surface area (Å²) < 4.78 is 5.31. The molecule has 1 amide bonds. The van der Waals surface area contributed by atoms with E-state index >= 15 is 0 Å². The van der Waals surface area contributed by atoms with Gasteiger partial charge in [-0.15, -0.1) is 0 Å². The lowest BCUT2D eigenvalue weighted by atomic mass is 9.95. The molecule has 31 heavy (non-hydrogen) atoms. The van der Waals surface area contributed by atoms with Crippen LogP contribution < -0.4 is 5.32 Å². The molecule has 0 radical (unpaired) electrons. The zero-order valence-electron chi connectivity index (χ0n) is 17.9. The lowest BCUT2D eigenvalue weighted by Gasteiger charge is -2.18. The number of hydrogen-bond donors (Lipinski definition) is 2. The molecule has 7 nitrogen and oxygen atoms in total. The van der Waals surface area contributed by atoms with Gasteiger partial charge in [0.2, 0.25) is 11.7 Å². The third-order valence-electron chi connectivity index (χ3n) is 4.63. The quantitative estimate of drug-likeness (QED) is 0.453. The second-order valence-electron chi connectivity index (χ2n) is 8.23. The van der Waals surface area contributed by atoms with Crippen LogP contribution in [0, 0.1) is 5.41 Å². The van der Waals surface area contributed by atoms with Crippen LogP contribution in [-0.2, 0) is 9.53 Å². The third-order valence-corrected chi connectivity index (χ3v) is 4.63. The Morgan fingerprint density at radius 3 is 2.26 bits per heavy atom. The number of ether oxygens (including phenoxy) is 1. The van der Waals surface area contributed by atoms with Gasteiger partial charge in [-0.3, -0.25) is 14.7 Å². The molecule has 3 aromatic rings. The van der Waals surface area contributed by atoms with E-state index in [2.05, 4.69) is 15.5 Å². The maximum absolute atomic E-state index is 12.6. The van der Waals surface area contributed by atoms with E-state index in [4.69, 9.17) is 4.74 Å². The van der Waals surface area contributed by atoms with Crippen molar-refractivity contribution in [2.75, 3.05) is 5.32 Å². The average molecular weight is 419 g/mol. The lowest BCUT2D eigenvalue weighted by molar-refractivity contribution is -0.123. The fraction of sp³-hybridized carbons (Fsp3) is 0.250. The SMILES string of the molecule is C[C@H](OC(=O)c1cc(-c2ccccc2)n[nH]1)C(=O)c1ccc(NC(=O)C(C)(C)C)cc1. The molecular weight excluding hydrogens is 394 g/mol. The number of rotatable bonds is 6. The first kappa shape index (κ1) is 22.0. The molecule has 3 rings (SSSR count). The van der Waals surface area contributed by atoms with Crippen LogP contribution in [0.4, 0.5) is 5.69 Å². The van der Waals surface area contributed by atoms with Gasteiger partial charge in [-0.1, -0.05) is 51.1 Å². The summed E-state index contributed by atoms with van der Waals surface area (Å²) >= 11 is 0. The normalized spacial score (nSPS) is 12.1. The van der Waals surface area contributed by atoms with Gasteiger partial charge < -0.3 is 10.1 Å². The summed E-state index contributed by atoms with van der Waals surface area (Å²) in [5.41, 5.74) is 2.08. The number of Topliss-reactive ketones (excluding diaryl/α,β-unsaturated/α-hetero) is 1. The molecule has 2 N–H and O–H groups in total. The fourth-order valence-electron chi connectivity index (χ4n) is 2.73. The standard InChI is InChI=1S/C24H25N3O4/c1-15(21(28)17-10-12-18(13-11-17)25-23(30)24(2,3)4)31-22(29)20-14-19(26-27-20)16-8-6-5-7-9-16/h5-15H,1-4H3,(H,25,30)(H,26,27)/t15-/m0/s1. The first-order valence-electron chi connectivity index (χ1n) is 9.92. The molecule has 1 atom stereocenters. The largest absolute Gasteiger partial charge is 0.450 e. The van der Waals surface area contributed by atoms with Crippen LogP contribution in [-0.4, -0.2) is 34.0 Å². The van der Waals surface area contributed by atoms with Crippen LogP contribution in [0.5, 0.6) is 0 Å². The molecule has 0 aliphatic heterocycles. The first-order valence-corrected chi connectivity index (χ1v) is 9.92. The topological polar surface area (TPSA) is 101 Å². The van der Waals surface area contributed by atoms with Crippen molar-refractivity contribution in [3.63, 3.8) is 0 Å². The van der Waals surface area contributed by atoms with Gasteiger partial charge in [-0.05, 0) is 37.3 Å². The summed E-state index contributed by atoms with van der Waals surface area (Å²) in [5.74, 6) is -1.13. The zero-order valence-corrected chi connectivity index (χ0v) is 17.9. The van der Waals surface area contributed by atoms with E-state index in [1.165, 1.54) is 6.92 Å². The van der Waals surface area contributed by atoms with E-state index in [1.807, 2.05) is 51.1 Å². The van der Waals surface area contributed by atoms with Crippen molar-refractivity contribution in [3.8, 4) is 11.3 Å². The van der Waals surface area contributed by atoms with Crippen LogP contribution in [0.1, 0.15) is 48.5 Å². The van der Waals surface area contributed by atoms with E-state index in [-0.39, 0.29) is 17.4 Å². The number of ketones is 1. The van der Waals surface area contributed by atoms with Crippen molar-refractivity contribution in [2.45, 2.75) is 33.8 Å². The van der Waals surface area contributed by atoms with Gasteiger partial charge in [0.1, 0.15) is 5.69 Å². The number of carbonyl (C=O) groups excluding carboxylic acids is 3. The van der Waals surface area contributed by atoms with Crippen LogP contribution in [0.15, 0.2) is 60.7 Å². The number of nitrogens with one attached hydrogen (secondary N) is 2. The number of H-pyrrole nitrogens is 1. The lowest BCUT2D eigenvalue weighted by Crippen LogP contribution is -2.27. The van der Waals surface area contributed by atoms with Gasteiger partial charge >= 0.3 is 5.97 Å². The number of aromatic amines is 1. The summed E-state index contributed by atoms with van der Waals surface area (Å²) in [6.45, 7) is 6.97. The van der Waals surface area contributed by atoms with Crippen molar-refractivity contribution in [3.05, 3.63) is 71.9 Å². The minimum atomic E-state index is -0.981. The van der Waals surface area contributed by atoms with E-state index in [9.17, 15) is 14.4 Å². The second kappa shape index (κ2) is 8.95. The van der Waals surface area contributed by atoms with E-state index in [0.717, 1.165) is 5.56 Å². The Kier molecular flexibility index (Phi) is 6.34. The molecule has 2 aromatic carbocycles. The van der Waals surface area contributed by atoms with E-state index in [0.29, 0.717) is 16.9 Å². The molecule has 0 spiro atoms. The molecule has 7 heteroatoms. The number of anilines is 1. The number of benzene rings is 2. The Morgan fingerprint density at radius 2 is 1.65 bits per heavy atom. The molecule has 160 valence electrons. The maximum atomic E-state index is 12.6. The van der Waals surface area contributed by atoms with Crippen LogP contribution in [0.25, 0.3) is 11.3 Å². The molecule has 1 heterocycles. The van der Waals surface area contributed by atoms with Crippen molar-refractivity contribution >= 4 is 23.3 Å². The Morgan fingerprint density at radius 1 is 1.00 bits per heavy atom. The number of aromatic nitrogens is 2. The molecule has 0 fully saturated rings. The number of carbonyl (C=O) groups is 3. The maximum Gasteiger partial charge on any atom is 0.357 e. The highest BCUT2D eigenvalue weighted by Gasteiger charge is 2.23. The minimum Gasteiger partial charge on any atom is -0.450 e. The highest BCUT2D eigenvalue weighted by atomic mass is 16.5. The number of amides is 1. The average Bonchev–Trinajstić information content (AvgIpc) is 3.24. The smallest absolute Gasteiger partial charge is 0.357 e. The predicted octanol–water partition coefficient (Wildman–Crippen LogP) is 4.49. The molecule has 0 unspecified atom stereocenters. The molecular formula is C24H25N3O4. The first-order chi connectivity index (χ1) is 14.6. The zero-order chi connectivity index (χ0) is 22.6. The van der Waals surface area contributed by atoms with Gasteiger partial charge in [0.05, 0.1) is 5.69 Å². The van der Waals surface area contributed by atoms with Crippen molar-refractivity contribution in [1.82, 2.24) is 10.2 Å². The van der Waals surface area contributed by atoms with Crippen molar-refractivity contribution in [2.24, 2.45) is 5.41 Å². The number of nitrogens with zero attached hydrogens (tertiary/aromatic N) is 1. The van der Waals surface area contributed by atoms with Gasteiger partial charge in [0.25, 0.3) is 0 Å². The predicted molar refractivity (Wildman–Crippen MR) is 118 cm³/mol. The van der Waals surface area contributed by atoms with Crippen molar-refractivity contribution < 1.29 is 19.1 Å². The molecule has 0 aliphatic rings. The molecule has 1 aromatic heterocycles. The van der Waals surface area contributed by atoms with Crippen molar-refractivity contribution in [1.29, 1.82) is 0 Å². The molecule has 0 saturated carbocycles. The van der Waals surface area contributed by atoms with E-state index < -0.39 is 17.5 Å². The van der Waals surface area contributed by atoms with Crippen LogP contribution in [0.2, 0.25) is 0 Å². The van der Waals surface area contributed by atoms with E-state index in [1.54, 1.807) is 30.3 Å². The summed E-state index contributed by atoms with van der Waals surface area (Å²) in [6, 6.07) is 17.5. The Balaban J connectivity index is 1.62. The Bertz CT molecular complexity index is 1080. The second-order valence-corrected chi connectivity index (χ2v) is 8.23. The third kappa shape index (κ3) is 5.45. The molecule has 0 aliphatic carbocycles. The van der Waals surface area contributed by atoms with Gasteiger partial charge in [0.15, 0.2) is 6.10 Å². The van der Waals surface area contributed by atoms with Crippen LogP contribution >= 0.6 is 0 Å². The minimum absolute atomic E-state index is 0.122. The fourth-order valence-corrected chi connectivity index (χ4v) is 2.73. The highest BCUT2D eigenvalue weighted by Crippen LogP contribution is 2.20. The van der Waals surface area contributed by atoms with Gasteiger partial charge in [-0.25, -0.2) is 4.79 Å². The van der Waals surface area contributed by atoms with Gasteiger partial charge in [-0.2, -0.15) is 5.10 Å². The summed E-state index contributed by atoms with van der Waals surface area (Å²) in [6.07, 6.45) is -0.981. The number of hydrogen-bond acceptors (Lipinski definition) is 5. The molecule has 0 bridgehead atoms.